The summed E-state index contributed by atoms with van der Waals surface area (Å²) in [5, 5.41) is 2.48. The van der Waals surface area contributed by atoms with Gasteiger partial charge in [0.15, 0.2) is 5.13 Å². The van der Waals surface area contributed by atoms with Crippen LogP contribution in [0.2, 0.25) is 0 Å². The highest BCUT2D eigenvalue weighted by molar-refractivity contribution is 7.13. The number of thiazole rings is 1. The lowest BCUT2D eigenvalue weighted by atomic mass is 9.92. The summed E-state index contributed by atoms with van der Waals surface area (Å²) in [7, 11) is 0. The Bertz CT molecular complexity index is 592. The van der Waals surface area contributed by atoms with Crippen molar-refractivity contribution in [1.29, 1.82) is 0 Å². The van der Waals surface area contributed by atoms with Crippen LogP contribution < -0.4 is 5.73 Å². The number of hydrogen-bond donors (Lipinski definition) is 1. The van der Waals surface area contributed by atoms with Crippen molar-refractivity contribution >= 4 is 22.4 Å². The quantitative estimate of drug-likeness (QED) is 0.929. The van der Waals surface area contributed by atoms with Crippen molar-refractivity contribution in [2.24, 2.45) is 0 Å². The van der Waals surface area contributed by atoms with Gasteiger partial charge in [0.05, 0.1) is 5.69 Å². The van der Waals surface area contributed by atoms with E-state index >= 15 is 0 Å². The predicted octanol–water partition coefficient (Wildman–Crippen LogP) is 1.68. The highest BCUT2D eigenvalue weighted by Crippen LogP contribution is 2.27. The fraction of sp³-hybridized carbons (Fsp3) is 0.357. The monoisotopic (exact) mass is 288 g/mol. The van der Waals surface area contributed by atoms with Crippen LogP contribution in [0.25, 0.3) is 0 Å². The van der Waals surface area contributed by atoms with Crippen molar-refractivity contribution in [3.8, 4) is 0 Å². The van der Waals surface area contributed by atoms with Crippen LogP contribution in [-0.2, 0) is 11.2 Å². The summed E-state index contributed by atoms with van der Waals surface area (Å²) in [5.74, 6) is 0.624. The maximum Gasteiger partial charge on any atom is 0.223 e. The minimum absolute atomic E-state index is 0.191. The van der Waals surface area contributed by atoms with E-state index in [1.807, 2.05) is 22.5 Å². The molecule has 1 amide bonds. The molecule has 104 valence electrons. The van der Waals surface area contributed by atoms with Crippen LogP contribution in [0.1, 0.15) is 23.6 Å². The van der Waals surface area contributed by atoms with Crippen LogP contribution in [0.3, 0.4) is 0 Å². The van der Waals surface area contributed by atoms with E-state index in [2.05, 4.69) is 16.0 Å². The lowest BCUT2D eigenvalue weighted by Crippen LogP contribution is -2.48. The van der Waals surface area contributed by atoms with E-state index in [0.29, 0.717) is 23.9 Å². The Morgan fingerprint density at radius 3 is 3.00 bits per heavy atom. The van der Waals surface area contributed by atoms with E-state index in [1.165, 1.54) is 16.9 Å². The number of carbonyl (C=O) groups excluding carboxylic acids is 1. The number of rotatable bonds is 4. The standard InChI is InChI=1S/C14H16N4OS/c15-14-17-12(9-20-14)3-4-13(19)18-7-11(8-18)10-2-1-5-16-6-10/h1-2,5-6,9,11H,3-4,7-8H2,(H2,15,17). The number of carbonyl (C=O) groups is 1. The van der Waals surface area contributed by atoms with E-state index < -0.39 is 0 Å². The van der Waals surface area contributed by atoms with Gasteiger partial charge in [0.1, 0.15) is 0 Å². The molecule has 6 heteroatoms. The Morgan fingerprint density at radius 2 is 2.35 bits per heavy atom. The molecule has 0 spiro atoms. The molecule has 0 unspecified atom stereocenters. The molecule has 0 aliphatic carbocycles. The molecule has 20 heavy (non-hydrogen) atoms. The summed E-state index contributed by atoms with van der Waals surface area (Å²) in [6, 6.07) is 4.00. The molecule has 1 fully saturated rings. The summed E-state index contributed by atoms with van der Waals surface area (Å²) >= 11 is 1.42. The van der Waals surface area contributed by atoms with E-state index in [1.54, 1.807) is 6.20 Å². The number of hydrogen-bond acceptors (Lipinski definition) is 5. The van der Waals surface area contributed by atoms with Crippen molar-refractivity contribution in [3.05, 3.63) is 41.2 Å². The van der Waals surface area contributed by atoms with Gasteiger partial charge in [-0.25, -0.2) is 4.98 Å². The van der Waals surface area contributed by atoms with Crippen LogP contribution in [0, 0.1) is 0 Å². The third-order valence-electron chi connectivity index (χ3n) is 3.55. The zero-order chi connectivity index (χ0) is 13.9. The fourth-order valence-electron chi connectivity index (χ4n) is 2.34. The first-order valence-corrected chi connectivity index (χ1v) is 7.48. The van der Waals surface area contributed by atoms with Gasteiger partial charge in [0, 0.05) is 43.2 Å². The molecule has 1 saturated heterocycles. The molecule has 2 N–H and O–H groups in total. The minimum atomic E-state index is 0.191. The summed E-state index contributed by atoms with van der Waals surface area (Å²) in [4.78, 5) is 22.2. The Labute approximate surface area is 121 Å². The number of nitrogens with two attached hydrogens (primary N) is 1. The van der Waals surface area contributed by atoms with Gasteiger partial charge in [-0.15, -0.1) is 11.3 Å². The number of pyridine rings is 1. The second-order valence-corrected chi connectivity index (χ2v) is 5.85. The van der Waals surface area contributed by atoms with Gasteiger partial charge in [0.25, 0.3) is 0 Å². The molecule has 0 aromatic carbocycles. The smallest absolute Gasteiger partial charge is 0.223 e. The average Bonchev–Trinajstić information content (AvgIpc) is 2.82. The Hall–Kier alpha value is -1.95. The van der Waals surface area contributed by atoms with Crippen molar-refractivity contribution in [2.75, 3.05) is 18.8 Å². The molecule has 3 heterocycles. The number of nitrogens with zero attached hydrogens (tertiary/aromatic N) is 3. The SMILES string of the molecule is Nc1nc(CCC(=O)N2CC(c3cccnc3)C2)cs1. The molecular weight excluding hydrogens is 272 g/mol. The molecule has 0 saturated carbocycles. The van der Waals surface area contributed by atoms with Crippen molar-refractivity contribution in [3.63, 3.8) is 0 Å². The average molecular weight is 288 g/mol. The van der Waals surface area contributed by atoms with Gasteiger partial charge in [-0.3, -0.25) is 9.78 Å². The normalized spacial score (nSPS) is 15.1. The molecule has 2 aromatic heterocycles. The summed E-state index contributed by atoms with van der Waals surface area (Å²) in [6.45, 7) is 1.59. The molecule has 0 radical (unpaired) electrons. The van der Waals surface area contributed by atoms with Gasteiger partial charge in [-0.05, 0) is 18.1 Å². The Balaban J connectivity index is 1.46. The number of likely N-dealkylation sites (tertiary alicyclic amines) is 1. The lowest BCUT2D eigenvalue weighted by Gasteiger charge is -2.39. The van der Waals surface area contributed by atoms with Gasteiger partial charge in [-0.1, -0.05) is 6.07 Å². The molecule has 2 aromatic rings. The van der Waals surface area contributed by atoms with Crippen molar-refractivity contribution in [2.45, 2.75) is 18.8 Å². The predicted molar refractivity (Wildman–Crippen MR) is 78.4 cm³/mol. The number of anilines is 1. The van der Waals surface area contributed by atoms with Crippen LogP contribution >= 0.6 is 11.3 Å². The molecule has 0 atom stereocenters. The van der Waals surface area contributed by atoms with Crippen molar-refractivity contribution < 1.29 is 4.79 Å². The summed E-state index contributed by atoms with van der Waals surface area (Å²) < 4.78 is 0. The second kappa shape index (κ2) is 5.58. The van der Waals surface area contributed by atoms with Gasteiger partial charge < -0.3 is 10.6 Å². The van der Waals surface area contributed by atoms with Gasteiger partial charge in [-0.2, -0.15) is 0 Å². The van der Waals surface area contributed by atoms with Crippen molar-refractivity contribution in [1.82, 2.24) is 14.9 Å². The zero-order valence-electron chi connectivity index (χ0n) is 11.0. The first-order chi connectivity index (χ1) is 9.72. The first-order valence-electron chi connectivity index (χ1n) is 6.60. The maximum atomic E-state index is 12.0. The summed E-state index contributed by atoms with van der Waals surface area (Å²) in [6.07, 6.45) is 4.82. The maximum absolute atomic E-state index is 12.0. The second-order valence-electron chi connectivity index (χ2n) is 4.96. The number of aryl methyl sites for hydroxylation is 1. The molecule has 1 aliphatic rings. The molecular formula is C14H16N4OS. The molecule has 0 bridgehead atoms. The van der Waals surface area contributed by atoms with Crippen LogP contribution in [0.4, 0.5) is 5.13 Å². The highest BCUT2D eigenvalue weighted by Gasteiger charge is 2.31. The number of nitrogen functional groups attached to an aromatic ring is 1. The largest absolute Gasteiger partial charge is 0.375 e. The van der Waals surface area contributed by atoms with Crippen LogP contribution in [0.15, 0.2) is 29.9 Å². The van der Waals surface area contributed by atoms with Gasteiger partial charge in [0.2, 0.25) is 5.91 Å². The highest BCUT2D eigenvalue weighted by atomic mass is 32.1. The first kappa shape index (κ1) is 13.1. The van der Waals surface area contributed by atoms with E-state index in [4.69, 9.17) is 5.73 Å². The number of aromatic nitrogens is 2. The lowest BCUT2D eigenvalue weighted by molar-refractivity contribution is -0.135. The molecule has 1 aliphatic heterocycles. The number of amides is 1. The van der Waals surface area contributed by atoms with E-state index in [0.717, 1.165) is 18.8 Å². The molecule has 3 rings (SSSR count). The van der Waals surface area contributed by atoms with E-state index in [-0.39, 0.29) is 5.91 Å². The topological polar surface area (TPSA) is 72.1 Å². The zero-order valence-corrected chi connectivity index (χ0v) is 11.8. The Kier molecular flexibility index (Phi) is 3.64. The fourth-order valence-corrected chi connectivity index (χ4v) is 2.94. The third-order valence-corrected chi connectivity index (χ3v) is 4.28. The van der Waals surface area contributed by atoms with Gasteiger partial charge >= 0.3 is 0 Å². The Morgan fingerprint density at radius 1 is 1.50 bits per heavy atom. The van der Waals surface area contributed by atoms with E-state index in [9.17, 15) is 4.79 Å². The van der Waals surface area contributed by atoms with Crippen LogP contribution in [-0.4, -0.2) is 33.9 Å². The minimum Gasteiger partial charge on any atom is -0.375 e. The summed E-state index contributed by atoms with van der Waals surface area (Å²) in [5.41, 5.74) is 7.69. The van der Waals surface area contributed by atoms with Crippen LogP contribution in [0.5, 0.6) is 0 Å². The third kappa shape index (κ3) is 2.80. The molecule has 5 nitrogen and oxygen atoms in total.